The number of urea groups is 1. The van der Waals surface area contributed by atoms with Crippen LogP contribution in [0.3, 0.4) is 0 Å². The fraction of sp³-hybridized carbons (Fsp3) is 0.500. The highest BCUT2D eigenvalue weighted by Gasteiger charge is 2.44. The minimum atomic E-state index is -1.34. The number of carbonyl (C=O) groups excluding carboxylic acids is 1. The monoisotopic (exact) mass is 531 g/mol. The van der Waals surface area contributed by atoms with Crippen LogP contribution >= 0.6 is 0 Å². The lowest BCUT2D eigenvalue weighted by molar-refractivity contribution is -0.0290. The molecule has 3 aromatic rings. The molecule has 0 saturated carbocycles. The minimum absolute atomic E-state index is 0.0325. The van der Waals surface area contributed by atoms with Gasteiger partial charge in [0.2, 0.25) is 0 Å². The third kappa shape index (κ3) is 6.24. The van der Waals surface area contributed by atoms with E-state index in [4.69, 9.17) is 10.5 Å². The van der Waals surface area contributed by atoms with Crippen molar-refractivity contribution in [2.45, 2.75) is 57.1 Å². The van der Waals surface area contributed by atoms with E-state index in [9.17, 15) is 19.2 Å². The molecule has 0 aliphatic carbocycles. The molecule has 12 nitrogen and oxygen atoms in total. The zero-order chi connectivity index (χ0) is 26.7. The fourth-order valence-electron chi connectivity index (χ4n) is 4.08. The Balaban J connectivity index is 1.22. The van der Waals surface area contributed by atoms with E-state index in [1.165, 1.54) is 22.8 Å². The van der Waals surface area contributed by atoms with E-state index in [0.717, 1.165) is 0 Å². The van der Waals surface area contributed by atoms with Gasteiger partial charge < -0.3 is 31.3 Å². The molecule has 0 radical (unpaired) electrons. The Morgan fingerprint density at radius 3 is 2.59 bits per heavy atom. The Morgan fingerprint density at radius 1 is 1.16 bits per heavy atom. The lowest BCUT2D eigenvalue weighted by atomic mass is 9.87. The number of nitrogens with one attached hydrogen (secondary N) is 2. The third-order valence-corrected chi connectivity index (χ3v) is 7.64. The summed E-state index contributed by atoms with van der Waals surface area (Å²) < 4.78 is 19.9. The summed E-state index contributed by atoms with van der Waals surface area (Å²) in [6, 6.07) is 7.35. The SMILES string of the molecule is CC(C)(C)c1ccc(NC(=O)NCCCS(=O)C[C@H]2O[C@@H](n3cnc4c(N)ncnc43)[C@H](O)[C@H]2O)cc1. The van der Waals surface area contributed by atoms with Crippen molar-refractivity contribution in [1.82, 2.24) is 24.8 Å². The van der Waals surface area contributed by atoms with Crippen molar-refractivity contribution < 1.29 is 24.0 Å². The number of aromatic nitrogens is 4. The summed E-state index contributed by atoms with van der Waals surface area (Å²) in [7, 11) is -1.34. The van der Waals surface area contributed by atoms with Gasteiger partial charge in [0, 0.05) is 28.8 Å². The number of aliphatic hydroxyl groups is 2. The number of imidazole rings is 1. The van der Waals surface area contributed by atoms with Gasteiger partial charge in [0.15, 0.2) is 17.7 Å². The topological polar surface area (TPSA) is 178 Å². The number of benzene rings is 1. The first kappa shape index (κ1) is 26.9. The van der Waals surface area contributed by atoms with Gasteiger partial charge in [-0.05, 0) is 29.5 Å². The van der Waals surface area contributed by atoms with E-state index in [2.05, 4.69) is 46.4 Å². The molecule has 2 amide bonds. The number of nitrogen functional groups attached to an aromatic ring is 1. The van der Waals surface area contributed by atoms with Gasteiger partial charge in [-0.15, -0.1) is 0 Å². The van der Waals surface area contributed by atoms with Gasteiger partial charge in [-0.1, -0.05) is 32.9 Å². The van der Waals surface area contributed by atoms with Crippen molar-refractivity contribution in [2.75, 3.05) is 29.1 Å². The molecule has 200 valence electrons. The maximum Gasteiger partial charge on any atom is 0.319 e. The Hall–Kier alpha value is -3.13. The summed E-state index contributed by atoms with van der Waals surface area (Å²) in [5, 5.41) is 26.6. The summed E-state index contributed by atoms with van der Waals surface area (Å²) in [6.45, 7) is 6.71. The predicted molar refractivity (Wildman–Crippen MR) is 140 cm³/mol. The number of nitrogens with zero attached hydrogens (tertiary/aromatic N) is 4. The predicted octanol–water partition coefficient (Wildman–Crippen LogP) is 1.29. The maximum atomic E-state index is 12.6. The van der Waals surface area contributed by atoms with Crippen LogP contribution in [0, 0.1) is 0 Å². The zero-order valence-corrected chi connectivity index (χ0v) is 21.8. The Bertz CT molecular complexity index is 1260. The number of hydrogen-bond acceptors (Lipinski definition) is 9. The van der Waals surface area contributed by atoms with Crippen LogP contribution < -0.4 is 16.4 Å². The first-order valence-electron chi connectivity index (χ1n) is 12.0. The van der Waals surface area contributed by atoms with Crippen molar-refractivity contribution in [3.63, 3.8) is 0 Å². The molecule has 37 heavy (non-hydrogen) atoms. The van der Waals surface area contributed by atoms with Crippen molar-refractivity contribution >= 4 is 39.5 Å². The van der Waals surface area contributed by atoms with Gasteiger partial charge in [-0.3, -0.25) is 8.78 Å². The number of anilines is 2. The third-order valence-electron chi connectivity index (χ3n) is 6.19. The highest BCUT2D eigenvalue weighted by molar-refractivity contribution is 7.85. The molecule has 6 N–H and O–H groups in total. The number of carbonyl (C=O) groups is 1. The Morgan fingerprint density at radius 2 is 1.89 bits per heavy atom. The van der Waals surface area contributed by atoms with Crippen LogP contribution in [-0.2, 0) is 21.0 Å². The van der Waals surface area contributed by atoms with Gasteiger partial charge in [-0.2, -0.15) is 0 Å². The lowest BCUT2D eigenvalue weighted by Crippen LogP contribution is -2.35. The number of nitrogens with two attached hydrogens (primary N) is 1. The van der Waals surface area contributed by atoms with E-state index in [1.54, 1.807) is 0 Å². The first-order chi connectivity index (χ1) is 17.5. The van der Waals surface area contributed by atoms with Gasteiger partial charge in [0.25, 0.3) is 0 Å². The molecule has 5 atom stereocenters. The fourth-order valence-corrected chi connectivity index (χ4v) is 5.36. The summed E-state index contributed by atoms with van der Waals surface area (Å²) in [6.07, 6.45) is -1.15. The number of hydrogen-bond donors (Lipinski definition) is 5. The second-order valence-electron chi connectivity index (χ2n) is 10.0. The van der Waals surface area contributed by atoms with Crippen molar-refractivity contribution in [1.29, 1.82) is 0 Å². The quantitative estimate of drug-likeness (QED) is 0.268. The molecule has 3 heterocycles. The average molecular weight is 532 g/mol. The highest BCUT2D eigenvalue weighted by Crippen LogP contribution is 2.32. The van der Waals surface area contributed by atoms with E-state index in [-0.39, 0.29) is 23.0 Å². The minimum Gasteiger partial charge on any atom is -0.387 e. The number of amides is 2. The standard InChI is InChI=1S/C24H33N7O5S/c1-24(2,3)14-5-7-15(8-6-14)30-23(34)26-9-4-10-37(35)11-16-18(32)19(33)22(36-16)31-13-29-17-20(25)27-12-28-21(17)31/h5-8,12-13,16,18-19,22,32-33H,4,9-11H2,1-3H3,(H2,25,27,28)(H2,26,30,34)/t16-,18+,19-,22-,37?/m1/s1. The number of rotatable bonds is 8. The van der Waals surface area contributed by atoms with Gasteiger partial charge in [0.05, 0.1) is 12.1 Å². The van der Waals surface area contributed by atoms with Crippen LogP contribution in [0.5, 0.6) is 0 Å². The van der Waals surface area contributed by atoms with E-state index in [1.807, 2.05) is 24.3 Å². The summed E-state index contributed by atoms with van der Waals surface area (Å²) in [4.78, 5) is 24.3. The van der Waals surface area contributed by atoms with E-state index in [0.29, 0.717) is 35.6 Å². The molecule has 1 saturated heterocycles. The zero-order valence-electron chi connectivity index (χ0n) is 21.0. The second kappa shape index (κ2) is 11.1. The largest absolute Gasteiger partial charge is 0.387 e. The molecule has 0 spiro atoms. The van der Waals surface area contributed by atoms with Crippen LogP contribution in [0.4, 0.5) is 16.3 Å². The van der Waals surface area contributed by atoms with Crippen LogP contribution in [-0.4, -0.2) is 76.3 Å². The summed E-state index contributed by atoms with van der Waals surface area (Å²) in [5.41, 5.74) is 8.43. The molecule has 4 rings (SSSR count). The first-order valence-corrected chi connectivity index (χ1v) is 13.5. The van der Waals surface area contributed by atoms with Crippen molar-refractivity contribution in [3.8, 4) is 0 Å². The lowest BCUT2D eigenvalue weighted by Gasteiger charge is -2.19. The van der Waals surface area contributed by atoms with E-state index >= 15 is 0 Å². The molecule has 0 bridgehead atoms. The second-order valence-corrected chi connectivity index (χ2v) is 11.6. The summed E-state index contributed by atoms with van der Waals surface area (Å²) in [5.74, 6) is 0.520. The molecule has 1 unspecified atom stereocenters. The molecule has 1 fully saturated rings. The molecule has 13 heteroatoms. The van der Waals surface area contributed by atoms with Crippen molar-refractivity contribution in [3.05, 3.63) is 42.5 Å². The van der Waals surface area contributed by atoms with Crippen LogP contribution in [0.1, 0.15) is 39.0 Å². The maximum absolute atomic E-state index is 12.6. The number of aliphatic hydroxyl groups excluding tert-OH is 2. The average Bonchev–Trinajstić information content (AvgIpc) is 3.39. The molecule has 1 aliphatic heterocycles. The van der Waals surface area contributed by atoms with Gasteiger partial charge in [0.1, 0.15) is 30.2 Å². The highest BCUT2D eigenvalue weighted by atomic mass is 32.2. The molecule has 1 aromatic carbocycles. The van der Waals surface area contributed by atoms with Crippen LogP contribution in [0.15, 0.2) is 36.9 Å². The molecule has 2 aromatic heterocycles. The Kier molecular flexibility index (Phi) is 8.07. The summed E-state index contributed by atoms with van der Waals surface area (Å²) >= 11 is 0. The van der Waals surface area contributed by atoms with Crippen LogP contribution in [0.2, 0.25) is 0 Å². The van der Waals surface area contributed by atoms with E-state index < -0.39 is 35.3 Å². The molecule has 1 aliphatic rings. The van der Waals surface area contributed by atoms with Crippen molar-refractivity contribution in [2.24, 2.45) is 0 Å². The number of fused-ring (bicyclic) bond motifs is 1. The number of ether oxygens (including phenoxy) is 1. The van der Waals surface area contributed by atoms with Gasteiger partial charge in [-0.25, -0.2) is 19.7 Å². The normalized spacial score (nSPS) is 22.7. The van der Waals surface area contributed by atoms with Crippen LogP contribution in [0.25, 0.3) is 11.2 Å². The molecular formula is C24H33N7O5S. The van der Waals surface area contributed by atoms with Gasteiger partial charge >= 0.3 is 6.03 Å². The Labute approximate surface area is 217 Å². The molecular weight excluding hydrogens is 498 g/mol. The smallest absolute Gasteiger partial charge is 0.319 e.